The summed E-state index contributed by atoms with van der Waals surface area (Å²) < 4.78 is 21.5. The zero-order valence-corrected chi connectivity index (χ0v) is 14.7. The second-order valence-corrected chi connectivity index (χ2v) is 5.97. The van der Waals surface area contributed by atoms with Gasteiger partial charge in [0.05, 0.1) is 7.11 Å². The molecule has 0 spiro atoms. The van der Waals surface area contributed by atoms with Crippen LogP contribution in [-0.4, -0.2) is 31.4 Å². The van der Waals surface area contributed by atoms with Gasteiger partial charge in [0.15, 0.2) is 23.0 Å². The van der Waals surface area contributed by atoms with Gasteiger partial charge in [0.1, 0.15) is 19.0 Å². The fourth-order valence-corrected chi connectivity index (χ4v) is 2.73. The summed E-state index contributed by atoms with van der Waals surface area (Å²) in [5, 5.41) is 6.69. The molecule has 1 N–H and O–H groups in total. The molecule has 1 aliphatic heterocycles. The molecule has 0 fully saturated rings. The van der Waals surface area contributed by atoms with E-state index in [0.717, 1.165) is 16.9 Å². The topological polar surface area (TPSA) is 82.8 Å². The van der Waals surface area contributed by atoms with Crippen LogP contribution < -0.4 is 19.5 Å². The molecule has 27 heavy (non-hydrogen) atoms. The average Bonchev–Trinajstić information content (AvgIpc) is 3.22. The number of aromatic nitrogens is 1. The predicted molar refractivity (Wildman–Crippen MR) is 97.1 cm³/mol. The van der Waals surface area contributed by atoms with Crippen molar-refractivity contribution >= 4 is 5.91 Å². The van der Waals surface area contributed by atoms with E-state index >= 15 is 0 Å². The van der Waals surface area contributed by atoms with Crippen LogP contribution in [0.25, 0.3) is 11.3 Å². The number of amides is 1. The summed E-state index contributed by atoms with van der Waals surface area (Å²) in [4.78, 5) is 12.3. The molecule has 7 heteroatoms. The smallest absolute Gasteiger partial charge is 0.273 e. The van der Waals surface area contributed by atoms with Crippen LogP contribution >= 0.6 is 0 Å². The van der Waals surface area contributed by atoms with E-state index in [1.54, 1.807) is 13.2 Å². The van der Waals surface area contributed by atoms with Crippen molar-refractivity contribution < 1.29 is 23.5 Å². The Bertz CT molecular complexity index is 949. The number of rotatable bonds is 5. The second kappa shape index (κ2) is 7.41. The Balaban J connectivity index is 1.43. The highest BCUT2D eigenvalue weighted by atomic mass is 16.6. The first-order valence-corrected chi connectivity index (χ1v) is 8.51. The number of nitrogens with one attached hydrogen (secondary N) is 1. The van der Waals surface area contributed by atoms with Crippen LogP contribution in [0.1, 0.15) is 16.1 Å². The van der Waals surface area contributed by atoms with Gasteiger partial charge in [-0.05, 0) is 35.9 Å². The Kier molecular flexibility index (Phi) is 4.65. The zero-order chi connectivity index (χ0) is 18.6. The summed E-state index contributed by atoms with van der Waals surface area (Å²) in [7, 11) is 1.61. The maximum absolute atomic E-state index is 12.3. The lowest BCUT2D eigenvalue weighted by Crippen LogP contribution is -2.22. The van der Waals surface area contributed by atoms with Gasteiger partial charge in [-0.3, -0.25) is 4.79 Å². The van der Waals surface area contributed by atoms with E-state index in [1.165, 1.54) is 0 Å². The zero-order valence-electron chi connectivity index (χ0n) is 14.7. The fourth-order valence-electron chi connectivity index (χ4n) is 2.73. The van der Waals surface area contributed by atoms with Crippen molar-refractivity contribution in [3.8, 4) is 28.6 Å². The van der Waals surface area contributed by atoms with Crippen molar-refractivity contribution in [2.75, 3.05) is 20.3 Å². The van der Waals surface area contributed by atoms with Crippen molar-refractivity contribution in [2.45, 2.75) is 6.54 Å². The first-order chi connectivity index (χ1) is 13.2. The molecule has 7 nitrogen and oxygen atoms in total. The molecule has 1 aliphatic rings. The minimum absolute atomic E-state index is 0.216. The number of carbonyl (C=O) groups excluding carboxylic acids is 1. The largest absolute Gasteiger partial charge is 0.497 e. The molecule has 2 heterocycles. The molecule has 0 radical (unpaired) electrons. The van der Waals surface area contributed by atoms with Crippen molar-refractivity contribution in [2.24, 2.45) is 0 Å². The maximum atomic E-state index is 12.3. The number of hydrogen-bond acceptors (Lipinski definition) is 6. The minimum atomic E-state index is -0.307. The SMILES string of the molecule is COc1ccc(CNC(=O)c2cc(-c3ccc4c(c3)OCCO4)on2)cc1. The summed E-state index contributed by atoms with van der Waals surface area (Å²) in [6.07, 6.45) is 0. The molecule has 0 aliphatic carbocycles. The van der Waals surface area contributed by atoms with Crippen LogP contribution in [0.3, 0.4) is 0 Å². The third-order valence-corrected chi connectivity index (χ3v) is 4.18. The van der Waals surface area contributed by atoms with Crippen LogP contribution in [0.2, 0.25) is 0 Å². The number of fused-ring (bicyclic) bond motifs is 1. The van der Waals surface area contributed by atoms with Gasteiger partial charge in [0.25, 0.3) is 5.91 Å². The van der Waals surface area contributed by atoms with Crippen molar-refractivity contribution in [3.63, 3.8) is 0 Å². The van der Waals surface area contributed by atoms with Crippen LogP contribution in [0.5, 0.6) is 17.2 Å². The summed E-state index contributed by atoms with van der Waals surface area (Å²) in [6, 6.07) is 14.5. The Morgan fingerprint density at radius 3 is 2.63 bits per heavy atom. The van der Waals surface area contributed by atoms with E-state index in [2.05, 4.69) is 10.5 Å². The normalized spacial score (nSPS) is 12.5. The van der Waals surface area contributed by atoms with Gasteiger partial charge in [0.2, 0.25) is 0 Å². The molecule has 0 saturated heterocycles. The van der Waals surface area contributed by atoms with E-state index in [-0.39, 0.29) is 11.6 Å². The maximum Gasteiger partial charge on any atom is 0.273 e. The van der Waals surface area contributed by atoms with E-state index in [4.69, 9.17) is 18.7 Å². The summed E-state index contributed by atoms with van der Waals surface area (Å²) in [5.74, 6) is 2.30. The molecule has 3 aromatic rings. The lowest BCUT2D eigenvalue weighted by molar-refractivity contribution is 0.0942. The van der Waals surface area contributed by atoms with Crippen molar-refractivity contribution in [1.82, 2.24) is 10.5 Å². The van der Waals surface area contributed by atoms with Gasteiger partial charge in [-0.1, -0.05) is 17.3 Å². The number of carbonyl (C=O) groups is 1. The molecule has 0 atom stereocenters. The molecule has 0 bridgehead atoms. The first-order valence-electron chi connectivity index (χ1n) is 8.51. The summed E-state index contributed by atoms with van der Waals surface area (Å²) >= 11 is 0. The lowest BCUT2D eigenvalue weighted by atomic mass is 10.1. The molecular weight excluding hydrogens is 348 g/mol. The standard InChI is InChI=1S/C20H18N2O5/c1-24-15-5-2-13(3-6-15)12-21-20(23)16-11-18(27-22-16)14-4-7-17-19(10-14)26-9-8-25-17/h2-7,10-11H,8-9,12H2,1H3,(H,21,23). The quantitative estimate of drug-likeness (QED) is 0.747. The van der Waals surface area contributed by atoms with E-state index in [0.29, 0.717) is 37.0 Å². The van der Waals surface area contributed by atoms with Gasteiger partial charge in [-0.25, -0.2) is 0 Å². The van der Waals surface area contributed by atoms with E-state index in [1.807, 2.05) is 42.5 Å². The summed E-state index contributed by atoms with van der Waals surface area (Å²) in [5.41, 5.74) is 1.94. The highest BCUT2D eigenvalue weighted by Crippen LogP contribution is 2.34. The molecular formula is C20H18N2O5. The summed E-state index contributed by atoms with van der Waals surface area (Å²) in [6.45, 7) is 1.42. The predicted octanol–water partition coefficient (Wildman–Crippen LogP) is 3.05. The number of methoxy groups -OCH3 is 1. The number of ether oxygens (including phenoxy) is 3. The van der Waals surface area contributed by atoms with Gasteiger partial charge < -0.3 is 24.1 Å². The van der Waals surface area contributed by atoms with Crippen molar-refractivity contribution in [3.05, 3.63) is 59.8 Å². The van der Waals surface area contributed by atoms with Gasteiger partial charge in [-0.2, -0.15) is 0 Å². The second-order valence-electron chi connectivity index (χ2n) is 5.97. The first kappa shape index (κ1) is 17.0. The average molecular weight is 366 g/mol. The van der Waals surface area contributed by atoms with Crippen LogP contribution in [0, 0.1) is 0 Å². The fraction of sp³-hybridized carbons (Fsp3) is 0.200. The molecule has 2 aromatic carbocycles. The molecule has 1 amide bonds. The molecule has 138 valence electrons. The molecule has 1 aromatic heterocycles. The lowest BCUT2D eigenvalue weighted by Gasteiger charge is -2.18. The van der Waals surface area contributed by atoms with Crippen molar-refractivity contribution in [1.29, 1.82) is 0 Å². The minimum Gasteiger partial charge on any atom is -0.497 e. The highest BCUT2D eigenvalue weighted by Gasteiger charge is 2.17. The van der Waals surface area contributed by atoms with Crippen LogP contribution in [0.15, 0.2) is 53.1 Å². The molecule has 0 saturated carbocycles. The van der Waals surface area contributed by atoms with Gasteiger partial charge in [-0.15, -0.1) is 0 Å². The number of hydrogen-bond donors (Lipinski definition) is 1. The van der Waals surface area contributed by atoms with Crippen LogP contribution in [-0.2, 0) is 6.54 Å². The molecule has 0 unspecified atom stereocenters. The number of benzene rings is 2. The van der Waals surface area contributed by atoms with E-state index < -0.39 is 0 Å². The highest BCUT2D eigenvalue weighted by molar-refractivity contribution is 5.93. The number of nitrogens with zero attached hydrogens (tertiary/aromatic N) is 1. The Morgan fingerprint density at radius 2 is 1.85 bits per heavy atom. The molecule has 4 rings (SSSR count). The Labute approximate surface area is 155 Å². The van der Waals surface area contributed by atoms with Crippen LogP contribution in [0.4, 0.5) is 0 Å². The Hall–Kier alpha value is -3.48. The van der Waals surface area contributed by atoms with Gasteiger partial charge in [0, 0.05) is 18.2 Å². The monoisotopic (exact) mass is 366 g/mol. The third-order valence-electron chi connectivity index (χ3n) is 4.18. The van der Waals surface area contributed by atoms with E-state index in [9.17, 15) is 4.79 Å². The van der Waals surface area contributed by atoms with Gasteiger partial charge >= 0.3 is 0 Å². The Morgan fingerprint density at radius 1 is 1.07 bits per heavy atom. The third kappa shape index (κ3) is 3.72.